The molecule has 0 unspecified atom stereocenters. The van der Waals surface area contributed by atoms with Crippen LogP contribution >= 0.6 is 0 Å². The van der Waals surface area contributed by atoms with Crippen molar-refractivity contribution >= 4 is 15.9 Å². The molecule has 0 aromatic heterocycles. The van der Waals surface area contributed by atoms with Crippen LogP contribution in [0.3, 0.4) is 0 Å². The molecule has 0 bridgehead atoms. The summed E-state index contributed by atoms with van der Waals surface area (Å²) in [7, 11) is -2.40. The smallest absolute Gasteiger partial charge is 0.244 e. The molecule has 1 saturated carbocycles. The zero-order valence-corrected chi connectivity index (χ0v) is 17.5. The van der Waals surface area contributed by atoms with E-state index in [4.69, 9.17) is 9.47 Å². The minimum absolute atomic E-state index is 0.0556. The lowest BCUT2D eigenvalue weighted by Gasteiger charge is -2.36. The van der Waals surface area contributed by atoms with Crippen LogP contribution in [0.1, 0.15) is 38.5 Å². The number of ether oxygens (including phenoxy) is 2. The van der Waals surface area contributed by atoms with E-state index >= 15 is 0 Å². The van der Waals surface area contributed by atoms with Crippen LogP contribution in [0.15, 0.2) is 29.2 Å². The molecule has 2 aliphatic rings. The summed E-state index contributed by atoms with van der Waals surface area (Å²) in [5.41, 5.74) is 0. The summed E-state index contributed by atoms with van der Waals surface area (Å²) in [5.74, 6) is 0.520. The monoisotopic (exact) mass is 426 g/mol. The number of para-hydroxylation sites is 1. The Morgan fingerprint density at radius 1 is 1.24 bits per heavy atom. The van der Waals surface area contributed by atoms with Crippen LogP contribution in [-0.2, 0) is 19.6 Å². The quantitative estimate of drug-likeness (QED) is 0.547. The van der Waals surface area contributed by atoms with E-state index in [1.807, 2.05) is 0 Å². The average molecular weight is 427 g/mol. The third kappa shape index (κ3) is 5.48. The van der Waals surface area contributed by atoms with Crippen molar-refractivity contribution in [3.8, 4) is 5.75 Å². The number of rotatable bonds is 9. The second-order valence-corrected chi connectivity index (χ2v) is 9.33. The Morgan fingerprint density at radius 3 is 2.66 bits per heavy atom. The third-order valence-electron chi connectivity index (χ3n) is 5.70. The van der Waals surface area contributed by atoms with Crippen molar-refractivity contribution in [1.29, 1.82) is 0 Å². The minimum atomic E-state index is -3.82. The highest BCUT2D eigenvalue weighted by Gasteiger charge is 2.34. The number of amides is 1. The lowest BCUT2D eigenvalue weighted by atomic mass is 9.85. The molecule has 29 heavy (non-hydrogen) atoms. The molecule has 0 spiro atoms. The fourth-order valence-electron chi connectivity index (χ4n) is 3.75. The molecule has 1 aliphatic heterocycles. The minimum Gasteiger partial charge on any atom is -0.495 e. The van der Waals surface area contributed by atoms with Gasteiger partial charge in [-0.25, -0.2) is 13.1 Å². The molecule has 162 valence electrons. The van der Waals surface area contributed by atoms with Crippen LogP contribution in [0.5, 0.6) is 5.75 Å². The van der Waals surface area contributed by atoms with E-state index in [-0.39, 0.29) is 35.2 Å². The molecule has 1 heterocycles. The van der Waals surface area contributed by atoms with Gasteiger partial charge in [0.15, 0.2) is 0 Å². The lowest BCUT2D eigenvalue weighted by molar-refractivity contribution is -0.127. The summed E-state index contributed by atoms with van der Waals surface area (Å²) >= 11 is 0. The third-order valence-corrected chi connectivity index (χ3v) is 7.23. The Hall–Kier alpha value is -1.68. The number of sulfonamides is 1. The van der Waals surface area contributed by atoms with Gasteiger partial charge >= 0.3 is 0 Å². The first-order valence-corrected chi connectivity index (χ1v) is 11.6. The van der Waals surface area contributed by atoms with Crippen LogP contribution in [0.25, 0.3) is 0 Å². The molecule has 0 radical (unpaired) electrons. The van der Waals surface area contributed by atoms with Gasteiger partial charge in [0.2, 0.25) is 15.9 Å². The van der Waals surface area contributed by atoms with E-state index in [2.05, 4.69) is 10.0 Å². The number of aliphatic hydroxyl groups excluding tert-OH is 1. The molecule has 3 rings (SSSR count). The molecule has 3 atom stereocenters. The molecule has 3 N–H and O–H groups in total. The summed E-state index contributed by atoms with van der Waals surface area (Å²) in [4.78, 5) is 12.0. The number of hydrogen-bond acceptors (Lipinski definition) is 6. The van der Waals surface area contributed by atoms with Crippen molar-refractivity contribution in [1.82, 2.24) is 10.0 Å². The van der Waals surface area contributed by atoms with Gasteiger partial charge in [0.25, 0.3) is 0 Å². The van der Waals surface area contributed by atoms with Crippen molar-refractivity contribution in [3.63, 3.8) is 0 Å². The number of methoxy groups -OCH3 is 1. The van der Waals surface area contributed by atoms with E-state index < -0.39 is 22.2 Å². The van der Waals surface area contributed by atoms with Crippen molar-refractivity contribution < 1.29 is 27.8 Å². The maximum absolute atomic E-state index is 12.8. The van der Waals surface area contributed by atoms with Crippen LogP contribution in [0.2, 0.25) is 0 Å². The summed E-state index contributed by atoms with van der Waals surface area (Å²) in [6.45, 7) is 0.236. The maximum atomic E-state index is 12.8. The topological polar surface area (TPSA) is 114 Å². The van der Waals surface area contributed by atoms with Gasteiger partial charge in [0.05, 0.1) is 32.0 Å². The number of hydrogen-bond donors (Lipinski definition) is 3. The number of aliphatic hydroxyl groups is 1. The maximum Gasteiger partial charge on any atom is 0.244 e. The number of carbonyl (C=O) groups excluding carboxylic acids is 1. The first kappa shape index (κ1) is 22.0. The zero-order valence-electron chi connectivity index (χ0n) is 16.7. The highest BCUT2D eigenvalue weighted by atomic mass is 32.2. The fraction of sp³-hybridized carbons (Fsp3) is 0.650. The van der Waals surface area contributed by atoms with Gasteiger partial charge in [0.1, 0.15) is 10.6 Å². The Labute approximate surface area is 172 Å². The summed E-state index contributed by atoms with van der Waals surface area (Å²) in [6, 6.07) is 5.87. The lowest BCUT2D eigenvalue weighted by Crippen LogP contribution is -2.51. The van der Waals surface area contributed by atoms with Crippen LogP contribution < -0.4 is 14.8 Å². The Bertz CT molecular complexity index is 796. The van der Waals surface area contributed by atoms with Crippen molar-refractivity contribution in [3.05, 3.63) is 24.3 Å². The van der Waals surface area contributed by atoms with Crippen LogP contribution in [0, 0.1) is 5.92 Å². The Kier molecular flexibility index (Phi) is 7.50. The average Bonchev–Trinajstić information content (AvgIpc) is 2.67. The summed E-state index contributed by atoms with van der Waals surface area (Å²) in [6.07, 6.45) is 4.12. The molecular formula is C20H30N2O6S. The van der Waals surface area contributed by atoms with Gasteiger partial charge in [0, 0.05) is 12.5 Å². The standard InChI is InChI=1S/C20H30N2O6S/c1-27-17-7-2-3-8-19(17)29(25,26)22-16-10-9-15(28-18(16)13-23)11-12-21-20(24)14-5-4-6-14/h2-3,7-8,14-16,18,22-23H,4-6,9-13H2,1H3,(H,21,24)/t15-,16-,18+/m1/s1. The van der Waals surface area contributed by atoms with E-state index in [9.17, 15) is 18.3 Å². The molecule has 1 aromatic rings. The number of nitrogens with one attached hydrogen (secondary N) is 2. The van der Waals surface area contributed by atoms with Crippen LogP contribution in [-0.4, -0.2) is 57.9 Å². The molecule has 1 amide bonds. The second-order valence-electron chi connectivity index (χ2n) is 7.64. The van der Waals surface area contributed by atoms with E-state index in [0.29, 0.717) is 25.8 Å². The predicted octanol–water partition coefficient (Wildman–Crippen LogP) is 1.19. The largest absolute Gasteiger partial charge is 0.495 e. The highest BCUT2D eigenvalue weighted by Crippen LogP contribution is 2.28. The molecule has 9 heteroatoms. The van der Waals surface area contributed by atoms with E-state index in [1.54, 1.807) is 18.2 Å². The normalized spacial score (nSPS) is 25.2. The van der Waals surface area contributed by atoms with Gasteiger partial charge < -0.3 is 19.9 Å². The summed E-state index contributed by atoms with van der Waals surface area (Å²) in [5, 5.41) is 12.7. The first-order valence-electron chi connectivity index (χ1n) is 10.1. The number of carbonyl (C=O) groups is 1. The van der Waals surface area contributed by atoms with Crippen molar-refractivity contribution in [2.45, 2.75) is 61.7 Å². The molecule has 1 aliphatic carbocycles. The van der Waals surface area contributed by atoms with Gasteiger partial charge in [-0.05, 0) is 44.2 Å². The van der Waals surface area contributed by atoms with Gasteiger partial charge in [-0.3, -0.25) is 4.79 Å². The molecule has 8 nitrogen and oxygen atoms in total. The molecule has 2 fully saturated rings. The fourth-order valence-corrected chi connectivity index (χ4v) is 5.22. The van der Waals surface area contributed by atoms with Crippen LogP contribution in [0.4, 0.5) is 0 Å². The summed E-state index contributed by atoms with van der Waals surface area (Å²) < 4.78 is 39.3. The number of benzene rings is 1. The highest BCUT2D eigenvalue weighted by molar-refractivity contribution is 7.89. The second kappa shape index (κ2) is 9.88. The molecular weight excluding hydrogens is 396 g/mol. The van der Waals surface area contributed by atoms with Crippen molar-refractivity contribution in [2.75, 3.05) is 20.3 Å². The predicted molar refractivity (Wildman–Crippen MR) is 107 cm³/mol. The van der Waals surface area contributed by atoms with E-state index in [1.165, 1.54) is 13.2 Å². The van der Waals surface area contributed by atoms with Gasteiger partial charge in [-0.1, -0.05) is 18.6 Å². The SMILES string of the molecule is COc1ccccc1S(=O)(=O)N[C@@H]1CC[C@H](CCNC(=O)C2CCC2)O[C@H]1CO. The first-order chi connectivity index (χ1) is 13.9. The van der Waals surface area contributed by atoms with Crippen molar-refractivity contribution in [2.24, 2.45) is 5.92 Å². The molecule has 1 aromatic carbocycles. The van der Waals surface area contributed by atoms with Gasteiger partial charge in [-0.2, -0.15) is 0 Å². The Balaban J connectivity index is 1.53. The Morgan fingerprint density at radius 2 is 2.00 bits per heavy atom. The molecule has 1 saturated heterocycles. The van der Waals surface area contributed by atoms with Gasteiger partial charge in [-0.15, -0.1) is 0 Å². The zero-order chi connectivity index (χ0) is 20.9. The van der Waals surface area contributed by atoms with E-state index in [0.717, 1.165) is 19.3 Å².